The van der Waals surface area contributed by atoms with Gasteiger partial charge < -0.3 is 11.0 Å². The first-order valence-electron chi connectivity index (χ1n) is 7.28. The van der Waals surface area contributed by atoms with Crippen molar-refractivity contribution in [2.75, 3.05) is 5.43 Å². The van der Waals surface area contributed by atoms with E-state index in [9.17, 15) is 13.0 Å². The molecule has 0 amide bonds. The van der Waals surface area contributed by atoms with E-state index in [1.807, 2.05) is 6.07 Å². The van der Waals surface area contributed by atoms with Crippen LogP contribution in [0.3, 0.4) is 0 Å². The number of hydrazone groups is 1. The van der Waals surface area contributed by atoms with Gasteiger partial charge in [-0.15, -0.1) is 0 Å². The van der Waals surface area contributed by atoms with Crippen LogP contribution < -0.4 is 5.43 Å². The van der Waals surface area contributed by atoms with Crippen LogP contribution in [0.4, 0.5) is 5.82 Å². The minimum absolute atomic E-state index is 0. The lowest BCUT2D eigenvalue weighted by Gasteiger charge is -2.08. The van der Waals surface area contributed by atoms with E-state index in [1.165, 1.54) is 18.2 Å². The summed E-state index contributed by atoms with van der Waals surface area (Å²) in [5.74, 6) is 0.530. The zero-order valence-electron chi connectivity index (χ0n) is 13.9. The molecule has 6 N–H and O–H groups in total. The second-order valence-electron chi connectivity index (χ2n) is 5.01. The number of hydrogen-bond donors (Lipinski definition) is 2. The van der Waals surface area contributed by atoms with Crippen molar-refractivity contribution in [3.8, 4) is 0 Å². The molecule has 0 saturated heterocycles. The zero-order chi connectivity index (χ0) is 17.7. The first kappa shape index (κ1) is 21.9. The summed E-state index contributed by atoms with van der Waals surface area (Å²) in [5.41, 5.74) is 4.26. The lowest BCUT2D eigenvalue weighted by Crippen LogP contribution is -2.10. The van der Waals surface area contributed by atoms with Crippen molar-refractivity contribution in [1.82, 2.24) is 9.97 Å². The van der Waals surface area contributed by atoms with Crippen molar-refractivity contribution in [2.45, 2.75) is 4.90 Å². The molecule has 0 unspecified atom stereocenters. The highest BCUT2D eigenvalue weighted by atomic mass is 32.2. The van der Waals surface area contributed by atoms with Gasteiger partial charge >= 0.3 is 0 Å². The van der Waals surface area contributed by atoms with Crippen molar-refractivity contribution in [3.05, 3.63) is 84.3 Å². The molecule has 142 valence electrons. The minimum Gasteiger partial charge on any atom is -0.412 e. The second-order valence-corrected chi connectivity index (χ2v) is 6.43. The Bertz CT molecular complexity index is 996. The smallest absolute Gasteiger partial charge is 0.294 e. The standard InChI is InChI=1S/C17H14N4O3S.2H2O/c22-25(23,24)14-7-5-6-13(12-14)17(15-8-1-3-10-18-15)21-20-16-9-2-4-11-19-16;;/h1-12H,(H,19,20)(H,22,23,24);2*1H2/b21-17+;;. The van der Waals surface area contributed by atoms with E-state index in [0.717, 1.165) is 0 Å². The Morgan fingerprint density at radius 1 is 0.926 bits per heavy atom. The molecule has 0 fully saturated rings. The molecule has 0 saturated carbocycles. The number of benzene rings is 1. The molecule has 0 spiro atoms. The molecule has 9 nitrogen and oxygen atoms in total. The van der Waals surface area contributed by atoms with Crippen LogP contribution in [0.2, 0.25) is 0 Å². The first-order valence-corrected chi connectivity index (χ1v) is 8.72. The molecule has 27 heavy (non-hydrogen) atoms. The van der Waals surface area contributed by atoms with Crippen LogP contribution >= 0.6 is 0 Å². The van der Waals surface area contributed by atoms with E-state index < -0.39 is 10.1 Å². The molecule has 3 aromatic rings. The van der Waals surface area contributed by atoms with Crippen LogP contribution in [0, 0.1) is 0 Å². The van der Waals surface area contributed by atoms with Crippen molar-refractivity contribution in [2.24, 2.45) is 5.10 Å². The van der Waals surface area contributed by atoms with Crippen LogP contribution in [0.15, 0.2) is 83.1 Å². The molecule has 2 heterocycles. The molecule has 0 radical (unpaired) electrons. The highest BCUT2D eigenvalue weighted by Crippen LogP contribution is 2.15. The maximum atomic E-state index is 11.4. The van der Waals surface area contributed by atoms with Gasteiger partial charge in [0.2, 0.25) is 0 Å². The fourth-order valence-corrected chi connectivity index (χ4v) is 2.64. The van der Waals surface area contributed by atoms with Crippen LogP contribution in [0.1, 0.15) is 11.3 Å². The first-order chi connectivity index (χ1) is 12.0. The SMILES string of the molecule is O.O.O=S(=O)(O)c1cccc(/C(=N\Nc2ccccn2)c2ccccn2)c1. The van der Waals surface area contributed by atoms with E-state index in [4.69, 9.17) is 0 Å². The van der Waals surface area contributed by atoms with Gasteiger partial charge in [-0.25, -0.2) is 4.98 Å². The molecule has 0 aliphatic heterocycles. The summed E-state index contributed by atoms with van der Waals surface area (Å²) in [5, 5.41) is 4.32. The van der Waals surface area contributed by atoms with Crippen molar-refractivity contribution < 1.29 is 23.9 Å². The molecule has 10 heteroatoms. The lowest BCUT2D eigenvalue weighted by molar-refractivity contribution is 0.483. The summed E-state index contributed by atoms with van der Waals surface area (Å²) in [6, 6.07) is 16.5. The molecular weight excluding hydrogens is 372 g/mol. The van der Waals surface area contributed by atoms with Crippen LogP contribution in [-0.2, 0) is 10.1 Å². The van der Waals surface area contributed by atoms with Crippen molar-refractivity contribution in [1.29, 1.82) is 0 Å². The Hall–Kier alpha value is -3.18. The van der Waals surface area contributed by atoms with Gasteiger partial charge in [0.05, 0.1) is 10.6 Å². The predicted molar refractivity (Wildman–Crippen MR) is 101 cm³/mol. The van der Waals surface area contributed by atoms with Gasteiger partial charge in [0.15, 0.2) is 0 Å². The number of nitrogens with zero attached hydrogens (tertiary/aromatic N) is 3. The third-order valence-corrected chi connectivity index (χ3v) is 4.11. The van der Waals surface area contributed by atoms with Crippen LogP contribution in [0.5, 0.6) is 0 Å². The minimum atomic E-state index is -4.32. The van der Waals surface area contributed by atoms with E-state index >= 15 is 0 Å². The second kappa shape index (κ2) is 9.50. The van der Waals surface area contributed by atoms with E-state index in [0.29, 0.717) is 22.8 Å². The molecular formula is C17H18N4O5S. The van der Waals surface area contributed by atoms with E-state index in [2.05, 4.69) is 20.5 Å². The maximum Gasteiger partial charge on any atom is 0.294 e. The number of pyridine rings is 2. The highest BCUT2D eigenvalue weighted by molar-refractivity contribution is 7.85. The summed E-state index contributed by atoms with van der Waals surface area (Å²) >= 11 is 0. The fraction of sp³-hybridized carbons (Fsp3) is 0. The average Bonchev–Trinajstić information content (AvgIpc) is 2.63. The number of anilines is 1. The summed E-state index contributed by atoms with van der Waals surface area (Å²) in [4.78, 5) is 8.16. The van der Waals surface area contributed by atoms with Crippen molar-refractivity contribution in [3.63, 3.8) is 0 Å². The number of hydrogen-bond acceptors (Lipinski definition) is 6. The number of aromatic nitrogens is 2. The van der Waals surface area contributed by atoms with Gasteiger partial charge in [-0.05, 0) is 36.4 Å². The molecule has 2 aromatic heterocycles. The lowest BCUT2D eigenvalue weighted by atomic mass is 10.1. The van der Waals surface area contributed by atoms with E-state index in [-0.39, 0.29) is 15.8 Å². The van der Waals surface area contributed by atoms with Crippen molar-refractivity contribution >= 4 is 21.6 Å². The predicted octanol–water partition coefficient (Wildman–Crippen LogP) is 0.938. The summed E-state index contributed by atoms with van der Waals surface area (Å²) in [6.07, 6.45) is 3.23. The van der Waals surface area contributed by atoms with Gasteiger partial charge in [-0.1, -0.05) is 24.3 Å². The maximum absolute atomic E-state index is 11.4. The number of rotatable bonds is 5. The zero-order valence-corrected chi connectivity index (χ0v) is 14.8. The van der Waals surface area contributed by atoms with Gasteiger partial charge in [0.1, 0.15) is 11.5 Å². The Morgan fingerprint density at radius 2 is 1.63 bits per heavy atom. The summed E-state index contributed by atoms with van der Waals surface area (Å²) in [6.45, 7) is 0. The average molecular weight is 390 g/mol. The Kier molecular flexibility index (Phi) is 7.69. The normalized spacial score (nSPS) is 11.1. The Morgan fingerprint density at radius 3 is 2.22 bits per heavy atom. The molecule has 0 atom stereocenters. The van der Waals surface area contributed by atoms with Crippen LogP contribution in [-0.4, -0.2) is 39.6 Å². The molecule has 0 aliphatic rings. The molecule has 3 rings (SSSR count). The quantitative estimate of drug-likeness (QED) is 0.373. The topological polar surface area (TPSA) is 168 Å². The Balaban J connectivity index is 0.00000182. The molecule has 0 aliphatic carbocycles. The monoisotopic (exact) mass is 390 g/mol. The number of nitrogens with one attached hydrogen (secondary N) is 1. The molecule has 1 aromatic carbocycles. The van der Waals surface area contributed by atoms with Gasteiger partial charge in [-0.2, -0.15) is 13.5 Å². The van der Waals surface area contributed by atoms with Gasteiger partial charge in [-0.3, -0.25) is 15.0 Å². The largest absolute Gasteiger partial charge is 0.412 e. The van der Waals surface area contributed by atoms with Gasteiger partial charge in [0, 0.05) is 18.0 Å². The highest BCUT2D eigenvalue weighted by Gasteiger charge is 2.14. The summed E-state index contributed by atoms with van der Waals surface area (Å²) < 4.78 is 32.1. The van der Waals surface area contributed by atoms with E-state index in [1.54, 1.807) is 48.8 Å². The Labute approximate surface area is 155 Å². The molecule has 0 bridgehead atoms. The van der Waals surface area contributed by atoms with Gasteiger partial charge in [0.25, 0.3) is 10.1 Å². The fourth-order valence-electron chi connectivity index (χ4n) is 2.12. The van der Waals surface area contributed by atoms with Crippen LogP contribution in [0.25, 0.3) is 0 Å². The third kappa shape index (κ3) is 5.66. The summed E-state index contributed by atoms with van der Waals surface area (Å²) in [7, 11) is -4.32. The third-order valence-electron chi connectivity index (χ3n) is 3.26.